The molecule has 0 aliphatic rings. The predicted octanol–water partition coefficient (Wildman–Crippen LogP) is 2.21. The number of rotatable bonds is 2. The van der Waals surface area contributed by atoms with E-state index in [1.165, 1.54) is 0 Å². The molecule has 0 saturated carbocycles. The molecule has 0 fully saturated rings. The number of aromatic nitrogens is 4. The van der Waals surface area contributed by atoms with Gasteiger partial charge in [-0.05, 0) is 25.0 Å². The fourth-order valence-corrected chi connectivity index (χ4v) is 1.62. The summed E-state index contributed by atoms with van der Waals surface area (Å²) >= 11 is 5.91. The van der Waals surface area contributed by atoms with E-state index in [0.717, 1.165) is 11.1 Å². The SMILES string of the molecule is COc1nccnc1-c1nnc(Cl)c(C)c1C. The molecule has 0 aliphatic heterocycles. The van der Waals surface area contributed by atoms with Crippen molar-refractivity contribution in [2.24, 2.45) is 0 Å². The molecular weight excluding hydrogens is 240 g/mol. The molecule has 0 amide bonds. The minimum Gasteiger partial charge on any atom is -0.479 e. The van der Waals surface area contributed by atoms with E-state index in [-0.39, 0.29) is 0 Å². The molecule has 0 N–H and O–H groups in total. The molecule has 17 heavy (non-hydrogen) atoms. The molecule has 0 aliphatic carbocycles. The van der Waals surface area contributed by atoms with Gasteiger partial charge in [0.15, 0.2) is 10.8 Å². The fourth-order valence-electron chi connectivity index (χ4n) is 1.44. The molecule has 5 nitrogen and oxygen atoms in total. The third kappa shape index (κ3) is 2.06. The van der Waals surface area contributed by atoms with Crippen molar-refractivity contribution in [2.45, 2.75) is 13.8 Å². The zero-order valence-electron chi connectivity index (χ0n) is 9.73. The standard InChI is InChI=1S/C11H11ClN4O/c1-6-7(2)10(12)16-15-8(6)9-11(17-3)14-5-4-13-9/h4-5H,1-3H3. The van der Waals surface area contributed by atoms with Crippen molar-refractivity contribution in [2.75, 3.05) is 7.11 Å². The molecule has 0 saturated heterocycles. The van der Waals surface area contributed by atoms with Crippen molar-refractivity contribution < 1.29 is 4.74 Å². The summed E-state index contributed by atoms with van der Waals surface area (Å²) in [6, 6.07) is 0. The third-order valence-corrected chi connectivity index (χ3v) is 2.91. The Morgan fingerprint density at radius 2 is 1.71 bits per heavy atom. The van der Waals surface area contributed by atoms with E-state index in [4.69, 9.17) is 16.3 Å². The summed E-state index contributed by atoms with van der Waals surface area (Å²) in [6.45, 7) is 3.80. The Kier molecular flexibility index (Phi) is 3.19. The van der Waals surface area contributed by atoms with E-state index >= 15 is 0 Å². The molecule has 6 heteroatoms. The van der Waals surface area contributed by atoms with Gasteiger partial charge in [0.25, 0.3) is 0 Å². The third-order valence-electron chi connectivity index (χ3n) is 2.55. The molecule has 0 aromatic carbocycles. The van der Waals surface area contributed by atoms with Crippen molar-refractivity contribution in [1.82, 2.24) is 20.2 Å². The Morgan fingerprint density at radius 3 is 2.41 bits per heavy atom. The molecular formula is C11H11ClN4O. The average molecular weight is 251 g/mol. The number of hydrogen-bond donors (Lipinski definition) is 0. The van der Waals surface area contributed by atoms with E-state index in [9.17, 15) is 0 Å². The molecule has 0 bridgehead atoms. The van der Waals surface area contributed by atoms with Gasteiger partial charge in [-0.25, -0.2) is 9.97 Å². The van der Waals surface area contributed by atoms with Crippen LogP contribution in [0.3, 0.4) is 0 Å². The molecule has 2 heterocycles. The second kappa shape index (κ2) is 4.63. The highest BCUT2D eigenvalue weighted by Gasteiger charge is 2.15. The van der Waals surface area contributed by atoms with Crippen molar-refractivity contribution in [3.05, 3.63) is 28.7 Å². The van der Waals surface area contributed by atoms with E-state index < -0.39 is 0 Å². The van der Waals surface area contributed by atoms with E-state index in [1.54, 1.807) is 19.5 Å². The van der Waals surface area contributed by atoms with Gasteiger partial charge in [-0.3, -0.25) is 0 Å². The predicted molar refractivity (Wildman–Crippen MR) is 64.1 cm³/mol. The van der Waals surface area contributed by atoms with Crippen LogP contribution in [0.25, 0.3) is 11.4 Å². The fraction of sp³-hybridized carbons (Fsp3) is 0.273. The summed E-state index contributed by atoms with van der Waals surface area (Å²) < 4.78 is 5.15. The summed E-state index contributed by atoms with van der Waals surface area (Å²) in [7, 11) is 1.54. The molecule has 0 spiro atoms. The Bertz CT molecular complexity index is 559. The molecule has 0 unspecified atom stereocenters. The van der Waals surface area contributed by atoms with Crippen LogP contribution in [0.15, 0.2) is 12.4 Å². The molecule has 0 radical (unpaired) electrons. The molecule has 0 atom stereocenters. The zero-order valence-corrected chi connectivity index (χ0v) is 10.5. The number of methoxy groups -OCH3 is 1. The second-order valence-corrected chi connectivity index (χ2v) is 3.86. The summed E-state index contributed by atoms with van der Waals surface area (Å²) in [5, 5.41) is 8.33. The van der Waals surface area contributed by atoms with E-state index in [0.29, 0.717) is 22.4 Å². The summed E-state index contributed by atoms with van der Waals surface area (Å²) in [6.07, 6.45) is 3.15. The zero-order chi connectivity index (χ0) is 12.4. The number of halogens is 1. The molecule has 2 rings (SSSR count). The number of nitrogens with zero attached hydrogens (tertiary/aromatic N) is 4. The second-order valence-electron chi connectivity index (χ2n) is 3.50. The Balaban J connectivity index is 2.65. The van der Waals surface area contributed by atoms with Crippen molar-refractivity contribution in [1.29, 1.82) is 0 Å². The molecule has 2 aromatic heterocycles. The van der Waals surface area contributed by atoms with Crippen LogP contribution >= 0.6 is 11.6 Å². The molecule has 88 valence electrons. The first-order valence-corrected chi connectivity index (χ1v) is 5.37. The van der Waals surface area contributed by atoms with Gasteiger partial charge in [-0.2, -0.15) is 0 Å². The van der Waals surface area contributed by atoms with Crippen LogP contribution in [0.2, 0.25) is 5.15 Å². The van der Waals surface area contributed by atoms with E-state index in [1.807, 2.05) is 13.8 Å². The van der Waals surface area contributed by atoms with Crippen LogP contribution in [-0.2, 0) is 0 Å². The normalized spacial score (nSPS) is 10.4. The van der Waals surface area contributed by atoms with Gasteiger partial charge < -0.3 is 4.74 Å². The monoisotopic (exact) mass is 250 g/mol. The van der Waals surface area contributed by atoms with Gasteiger partial charge in [0.2, 0.25) is 5.88 Å². The lowest BCUT2D eigenvalue weighted by Gasteiger charge is -2.09. The van der Waals surface area contributed by atoms with Crippen LogP contribution in [0.4, 0.5) is 0 Å². The summed E-state index contributed by atoms with van der Waals surface area (Å²) in [4.78, 5) is 8.30. The van der Waals surface area contributed by atoms with Gasteiger partial charge in [0.1, 0.15) is 5.69 Å². The topological polar surface area (TPSA) is 60.8 Å². The highest BCUT2D eigenvalue weighted by Crippen LogP contribution is 2.28. The van der Waals surface area contributed by atoms with Gasteiger partial charge in [0, 0.05) is 12.4 Å². The van der Waals surface area contributed by atoms with Crippen LogP contribution < -0.4 is 4.74 Å². The summed E-state index contributed by atoms with van der Waals surface area (Å²) in [5.74, 6) is 0.423. The van der Waals surface area contributed by atoms with Gasteiger partial charge in [0.05, 0.1) is 7.11 Å². The lowest BCUT2D eigenvalue weighted by Crippen LogP contribution is -2.01. The van der Waals surface area contributed by atoms with Crippen LogP contribution in [0, 0.1) is 13.8 Å². The minimum atomic E-state index is 0.397. The largest absolute Gasteiger partial charge is 0.479 e. The van der Waals surface area contributed by atoms with E-state index in [2.05, 4.69) is 20.2 Å². The lowest BCUT2D eigenvalue weighted by molar-refractivity contribution is 0.397. The van der Waals surface area contributed by atoms with Gasteiger partial charge in [-0.1, -0.05) is 11.6 Å². The van der Waals surface area contributed by atoms with Gasteiger partial charge in [-0.15, -0.1) is 10.2 Å². The Hall–Kier alpha value is -1.75. The highest BCUT2D eigenvalue weighted by molar-refractivity contribution is 6.30. The Labute approximate surface area is 104 Å². The minimum absolute atomic E-state index is 0.397. The highest BCUT2D eigenvalue weighted by atomic mass is 35.5. The molecule has 2 aromatic rings. The first-order chi connectivity index (χ1) is 8.15. The van der Waals surface area contributed by atoms with Crippen LogP contribution in [0.1, 0.15) is 11.1 Å². The number of hydrogen-bond acceptors (Lipinski definition) is 5. The summed E-state index contributed by atoms with van der Waals surface area (Å²) in [5.41, 5.74) is 3.00. The van der Waals surface area contributed by atoms with Gasteiger partial charge >= 0.3 is 0 Å². The smallest absolute Gasteiger partial charge is 0.242 e. The van der Waals surface area contributed by atoms with Crippen molar-refractivity contribution >= 4 is 11.6 Å². The van der Waals surface area contributed by atoms with Crippen molar-refractivity contribution in [3.8, 4) is 17.3 Å². The quantitative estimate of drug-likeness (QED) is 0.818. The average Bonchev–Trinajstić information content (AvgIpc) is 2.36. The Morgan fingerprint density at radius 1 is 1.00 bits per heavy atom. The first-order valence-electron chi connectivity index (χ1n) is 5.00. The maximum atomic E-state index is 5.91. The van der Waals surface area contributed by atoms with Crippen LogP contribution in [-0.4, -0.2) is 27.3 Å². The first kappa shape index (κ1) is 11.7. The maximum Gasteiger partial charge on any atom is 0.242 e. The number of ether oxygens (including phenoxy) is 1. The lowest BCUT2D eigenvalue weighted by atomic mass is 10.1. The van der Waals surface area contributed by atoms with Crippen LogP contribution in [0.5, 0.6) is 5.88 Å². The van der Waals surface area contributed by atoms with Crippen molar-refractivity contribution in [3.63, 3.8) is 0 Å². The maximum absolute atomic E-state index is 5.91.